The standard InChI is InChI=1S/C21H26N2O3S/c1-5-14-23(16-18-10-7-6-8-11-18)21(24)19-12-9-13-20(15-19)27(25,26)22(4)17(2)3/h5-13,15,17H,1,14,16H2,2-4H3. The highest BCUT2D eigenvalue weighted by Gasteiger charge is 2.24. The summed E-state index contributed by atoms with van der Waals surface area (Å²) in [7, 11) is -2.11. The van der Waals surface area contributed by atoms with Crippen LogP contribution in [0.5, 0.6) is 0 Å². The van der Waals surface area contributed by atoms with Gasteiger partial charge in [-0.1, -0.05) is 42.5 Å². The maximum absolute atomic E-state index is 13.0. The molecule has 0 N–H and O–H groups in total. The van der Waals surface area contributed by atoms with Gasteiger partial charge in [-0.3, -0.25) is 4.79 Å². The van der Waals surface area contributed by atoms with Crippen LogP contribution in [0.25, 0.3) is 0 Å². The van der Waals surface area contributed by atoms with E-state index in [1.54, 1.807) is 37.0 Å². The highest BCUT2D eigenvalue weighted by atomic mass is 32.2. The second-order valence-corrected chi connectivity index (χ2v) is 8.60. The Morgan fingerprint density at radius 1 is 1.11 bits per heavy atom. The second-order valence-electron chi connectivity index (χ2n) is 6.60. The van der Waals surface area contributed by atoms with Gasteiger partial charge < -0.3 is 4.90 Å². The van der Waals surface area contributed by atoms with E-state index in [2.05, 4.69) is 6.58 Å². The molecule has 0 fully saturated rings. The fourth-order valence-corrected chi connectivity index (χ4v) is 4.01. The predicted molar refractivity (Wildman–Crippen MR) is 108 cm³/mol. The van der Waals surface area contributed by atoms with Crippen molar-refractivity contribution < 1.29 is 13.2 Å². The van der Waals surface area contributed by atoms with E-state index < -0.39 is 10.0 Å². The SMILES string of the molecule is C=CCN(Cc1ccccc1)C(=O)c1cccc(S(=O)(=O)N(C)C(C)C)c1. The Balaban J connectivity index is 2.33. The van der Waals surface area contributed by atoms with Crippen LogP contribution in [0.1, 0.15) is 29.8 Å². The fourth-order valence-electron chi connectivity index (χ4n) is 2.59. The maximum Gasteiger partial charge on any atom is 0.254 e. The van der Waals surface area contributed by atoms with Gasteiger partial charge in [-0.2, -0.15) is 4.31 Å². The topological polar surface area (TPSA) is 57.7 Å². The molecular weight excluding hydrogens is 360 g/mol. The lowest BCUT2D eigenvalue weighted by molar-refractivity contribution is 0.0762. The largest absolute Gasteiger partial charge is 0.331 e. The van der Waals surface area contributed by atoms with Crippen molar-refractivity contribution in [1.29, 1.82) is 0 Å². The third-order valence-corrected chi connectivity index (χ3v) is 6.37. The number of carbonyl (C=O) groups excluding carboxylic acids is 1. The van der Waals surface area contributed by atoms with E-state index in [9.17, 15) is 13.2 Å². The molecule has 0 spiro atoms. The summed E-state index contributed by atoms with van der Waals surface area (Å²) in [6.45, 7) is 8.13. The minimum absolute atomic E-state index is 0.114. The minimum atomic E-state index is -3.65. The molecule has 2 aromatic carbocycles. The summed E-state index contributed by atoms with van der Waals surface area (Å²) in [6, 6.07) is 15.7. The molecule has 144 valence electrons. The van der Waals surface area contributed by atoms with Crippen molar-refractivity contribution in [2.75, 3.05) is 13.6 Å². The molecule has 0 atom stereocenters. The van der Waals surface area contributed by atoms with Crippen molar-refractivity contribution in [2.45, 2.75) is 31.3 Å². The molecule has 6 heteroatoms. The van der Waals surface area contributed by atoms with Crippen LogP contribution >= 0.6 is 0 Å². The predicted octanol–water partition coefficient (Wildman–Crippen LogP) is 3.54. The zero-order valence-electron chi connectivity index (χ0n) is 16.0. The Morgan fingerprint density at radius 3 is 2.37 bits per heavy atom. The molecule has 5 nitrogen and oxygen atoms in total. The van der Waals surface area contributed by atoms with Crippen LogP contribution in [0.2, 0.25) is 0 Å². The van der Waals surface area contributed by atoms with Gasteiger partial charge in [-0.15, -0.1) is 6.58 Å². The normalized spacial score (nSPS) is 11.6. The molecule has 0 saturated heterocycles. The van der Waals surface area contributed by atoms with Crippen LogP contribution in [0.3, 0.4) is 0 Å². The van der Waals surface area contributed by atoms with E-state index in [-0.39, 0.29) is 16.8 Å². The molecule has 0 saturated carbocycles. The van der Waals surface area contributed by atoms with Crippen molar-refractivity contribution in [3.63, 3.8) is 0 Å². The van der Waals surface area contributed by atoms with Gasteiger partial charge in [0.05, 0.1) is 4.90 Å². The molecule has 0 bridgehead atoms. The quantitative estimate of drug-likeness (QED) is 0.652. The molecule has 0 unspecified atom stereocenters. The number of carbonyl (C=O) groups is 1. The monoisotopic (exact) mass is 386 g/mol. The van der Waals surface area contributed by atoms with Gasteiger partial charge in [0, 0.05) is 31.7 Å². The number of hydrogen-bond donors (Lipinski definition) is 0. The summed E-state index contributed by atoms with van der Waals surface area (Å²) < 4.78 is 26.7. The molecule has 27 heavy (non-hydrogen) atoms. The second kappa shape index (κ2) is 8.97. The highest BCUT2D eigenvalue weighted by molar-refractivity contribution is 7.89. The number of nitrogens with zero attached hydrogens (tertiary/aromatic N) is 2. The summed E-state index contributed by atoms with van der Waals surface area (Å²) >= 11 is 0. The van der Waals surface area contributed by atoms with Crippen molar-refractivity contribution in [3.05, 3.63) is 78.4 Å². The molecule has 0 heterocycles. The molecule has 0 aliphatic carbocycles. The van der Waals surface area contributed by atoms with Crippen molar-refractivity contribution in [2.24, 2.45) is 0 Å². The van der Waals surface area contributed by atoms with E-state index in [0.717, 1.165) is 5.56 Å². The Labute approximate surface area is 162 Å². The van der Waals surface area contributed by atoms with Gasteiger partial charge >= 0.3 is 0 Å². The summed E-state index contributed by atoms with van der Waals surface area (Å²) in [5.74, 6) is -0.233. The first-order valence-corrected chi connectivity index (χ1v) is 10.2. The lowest BCUT2D eigenvalue weighted by Gasteiger charge is -2.23. The van der Waals surface area contributed by atoms with Gasteiger partial charge in [0.25, 0.3) is 5.91 Å². The number of sulfonamides is 1. The van der Waals surface area contributed by atoms with Crippen molar-refractivity contribution in [1.82, 2.24) is 9.21 Å². The van der Waals surface area contributed by atoms with Crippen LogP contribution in [0, 0.1) is 0 Å². The fraction of sp³-hybridized carbons (Fsp3) is 0.286. The average Bonchev–Trinajstić information content (AvgIpc) is 2.67. The summed E-state index contributed by atoms with van der Waals surface area (Å²) in [4.78, 5) is 14.7. The number of rotatable bonds is 8. The lowest BCUT2D eigenvalue weighted by Crippen LogP contribution is -2.33. The third-order valence-electron chi connectivity index (χ3n) is 4.34. The number of hydrogen-bond acceptors (Lipinski definition) is 3. The average molecular weight is 387 g/mol. The number of benzene rings is 2. The Kier molecular flexibility index (Phi) is 6.93. The van der Waals surface area contributed by atoms with Crippen LogP contribution < -0.4 is 0 Å². The van der Waals surface area contributed by atoms with Crippen molar-refractivity contribution in [3.8, 4) is 0 Å². The van der Waals surface area contributed by atoms with Gasteiger partial charge in [0.2, 0.25) is 10.0 Å². The molecule has 0 aliphatic rings. The Bertz CT molecular complexity index is 893. The van der Waals surface area contributed by atoms with Gasteiger partial charge in [0.15, 0.2) is 0 Å². The highest BCUT2D eigenvalue weighted by Crippen LogP contribution is 2.19. The minimum Gasteiger partial charge on any atom is -0.331 e. The first kappa shape index (κ1) is 20.9. The van der Waals surface area contributed by atoms with E-state index in [0.29, 0.717) is 18.7 Å². The first-order valence-electron chi connectivity index (χ1n) is 8.79. The summed E-state index contributed by atoms with van der Waals surface area (Å²) in [6.07, 6.45) is 1.66. The van der Waals surface area contributed by atoms with Gasteiger partial charge in [-0.05, 0) is 37.6 Å². The smallest absolute Gasteiger partial charge is 0.254 e. The molecule has 0 aromatic heterocycles. The molecule has 1 amide bonds. The third kappa shape index (κ3) is 5.05. The Morgan fingerprint density at radius 2 is 1.78 bits per heavy atom. The maximum atomic E-state index is 13.0. The summed E-state index contributed by atoms with van der Waals surface area (Å²) in [5.41, 5.74) is 1.34. The zero-order chi connectivity index (χ0) is 20.0. The van der Waals surface area contributed by atoms with E-state index >= 15 is 0 Å². The number of amides is 1. The molecular formula is C21H26N2O3S. The van der Waals surface area contributed by atoms with Gasteiger partial charge in [-0.25, -0.2) is 8.42 Å². The van der Waals surface area contributed by atoms with Crippen LogP contribution in [0.15, 0.2) is 72.1 Å². The molecule has 0 aliphatic heterocycles. The zero-order valence-corrected chi connectivity index (χ0v) is 16.8. The van der Waals surface area contributed by atoms with Gasteiger partial charge in [0.1, 0.15) is 0 Å². The van der Waals surface area contributed by atoms with Crippen LogP contribution in [-0.2, 0) is 16.6 Å². The van der Waals surface area contributed by atoms with Crippen molar-refractivity contribution >= 4 is 15.9 Å². The Hall–Kier alpha value is -2.44. The molecule has 2 aromatic rings. The lowest BCUT2D eigenvalue weighted by atomic mass is 10.1. The van der Waals surface area contributed by atoms with E-state index in [1.807, 2.05) is 30.3 Å². The first-order chi connectivity index (χ1) is 12.8. The van der Waals surface area contributed by atoms with Crippen LogP contribution in [-0.4, -0.2) is 43.2 Å². The molecule has 2 rings (SSSR count). The molecule has 0 radical (unpaired) electrons. The van der Waals surface area contributed by atoms with E-state index in [1.165, 1.54) is 23.5 Å². The van der Waals surface area contributed by atoms with Crippen LogP contribution in [0.4, 0.5) is 0 Å². The summed E-state index contributed by atoms with van der Waals surface area (Å²) in [5, 5.41) is 0. The van der Waals surface area contributed by atoms with E-state index in [4.69, 9.17) is 0 Å².